The van der Waals surface area contributed by atoms with Crippen LogP contribution in [0.3, 0.4) is 0 Å². The van der Waals surface area contributed by atoms with Gasteiger partial charge in [-0.2, -0.15) is 0 Å². The van der Waals surface area contributed by atoms with E-state index in [1.807, 2.05) is 45.0 Å². The zero-order valence-electron chi connectivity index (χ0n) is 20.9. The van der Waals surface area contributed by atoms with Crippen molar-refractivity contribution in [2.45, 2.75) is 73.1 Å². The summed E-state index contributed by atoms with van der Waals surface area (Å²) in [6, 6.07) is 9.54. The first-order valence-corrected chi connectivity index (χ1v) is 12.3. The predicted octanol–water partition coefficient (Wildman–Crippen LogP) is 7.57. The Morgan fingerprint density at radius 3 is 2.18 bits per heavy atom. The van der Waals surface area contributed by atoms with Gasteiger partial charge in [0.2, 0.25) is 5.91 Å². The summed E-state index contributed by atoms with van der Waals surface area (Å²) in [5.74, 6) is 2.01. The average Bonchev–Trinajstić information content (AvgIpc) is 2.81. The first kappa shape index (κ1) is 26.9. The molecule has 0 aliphatic heterocycles. The molecule has 0 aromatic heterocycles. The van der Waals surface area contributed by atoms with Crippen molar-refractivity contribution in [3.63, 3.8) is 0 Å². The van der Waals surface area contributed by atoms with E-state index in [0.717, 1.165) is 53.3 Å². The Kier molecular flexibility index (Phi) is 10.4. The van der Waals surface area contributed by atoms with Crippen LogP contribution in [0.2, 0.25) is 5.02 Å². The Morgan fingerprint density at radius 2 is 1.67 bits per heavy atom. The number of anilines is 1. The van der Waals surface area contributed by atoms with E-state index in [0.29, 0.717) is 10.6 Å². The molecule has 1 saturated carbocycles. The number of ether oxygens (including phenoxy) is 1. The van der Waals surface area contributed by atoms with E-state index in [1.165, 1.54) is 19.3 Å². The molecule has 0 heterocycles. The van der Waals surface area contributed by atoms with Crippen LogP contribution in [0.4, 0.5) is 5.69 Å². The van der Waals surface area contributed by atoms with Gasteiger partial charge < -0.3 is 10.1 Å². The minimum atomic E-state index is 0.0468. The number of hydrogen-bond acceptors (Lipinski definition) is 3. The molecular formula is C28H38ClNO3. The minimum absolute atomic E-state index is 0.0468. The summed E-state index contributed by atoms with van der Waals surface area (Å²) in [4.78, 5) is 23.6. The van der Waals surface area contributed by atoms with Gasteiger partial charge in [0, 0.05) is 23.2 Å². The fourth-order valence-corrected chi connectivity index (χ4v) is 4.84. The summed E-state index contributed by atoms with van der Waals surface area (Å²) in [7, 11) is 1.65. The van der Waals surface area contributed by atoms with Crippen LogP contribution in [-0.2, 0) is 11.2 Å². The highest BCUT2D eigenvalue weighted by atomic mass is 35.5. The first-order chi connectivity index (χ1) is 15.7. The number of ketones is 1. The van der Waals surface area contributed by atoms with E-state index in [1.54, 1.807) is 20.1 Å². The molecule has 1 aliphatic carbocycles. The molecule has 5 heteroatoms. The Morgan fingerprint density at radius 1 is 1.03 bits per heavy atom. The number of methoxy groups -OCH3 is 1. The number of halogens is 1. The number of nitrogens with one attached hydrogen (secondary N) is 1. The summed E-state index contributed by atoms with van der Waals surface area (Å²) in [6.07, 6.45) is 6.50. The number of amides is 1. The molecule has 0 bridgehead atoms. The summed E-state index contributed by atoms with van der Waals surface area (Å²) in [5.41, 5.74) is 4.80. The molecule has 180 valence electrons. The highest BCUT2D eigenvalue weighted by Gasteiger charge is 2.25. The molecule has 0 atom stereocenters. The Balaban J connectivity index is 0.000000257. The lowest BCUT2D eigenvalue weighted by Gasteiger charge is -2.27. The maximum Gasteiger partial charge on any atom is 0.227 e. The van der Waals surface area contributed by atoms with E-state index in [-0.39, 0.29) is 17.6 Å². The molecule has 2 aromatic carbocycles. The first-order valence-electron chi connectivity index (χ1n) is 12.0. The average molecular weight is 472 g/mol. The molecule has 0 radical (unpaired) electrons. The lowest BCUT2D eigenvalue weighted by molar-refractivity contribution is -0.121. The van der Waals surface area contributed by atoms with Crippen LogP contribution < -0.4 is 10.1 Å². The quantitative estimate of drug-likeness (QED) is 0.442. The SMILES string of the molecule is CCC1CCC(C(=O)Nc2ccc(C)c(OC)c2)CC1.CCc1c(C)ccc(Cl)c1C(C)=O. The molecule has 1 amide bonds. The van der Waals surface area contributed by atoms with Gasteiger partial charge in [-0.1, -0.05) is 44.0 Å². The zero-order valence-corrected chi connectivity index (χ0v) is 21.6. The third kappa shape index (κ3) is 7.33. The van der Waals surface area contributed by atoms with Gasteiger partial charge in [0.1, 0.15) is 5.75 Å². The maximum atomic E-state index is 12.3. The molecule has 33 heavy (non-hydrogen) atoms. The van der Waals surface area contributed by atoms with E-state index >= 15 is 0 Å². The van der Waals surface area contributed by atoms with Gasteiger partial charge in [-0.05, 0) is 87.6 Å². The third-order valence-corrected chi connectivity index (χ3v) is 6.99. The summed E-state index contributed by atoms with van der Waals surface area (Å²) < 4.78 is 5.29. The van der Waals surface area contributed by atoms with Crippen molar-refractivity contribution in [3.8, 4) is 5.75 Å². The number of hydrogen-bond donors (Lipinski definition) is 1. The fraction of sp³-hybridized carbons (Fsp3) is 0.500. The topological polar surface area (TPSA) is 55.4 Å². The summed E-state index contributed by atoms with van der Waals surface area (Å²) >= 11 is 5.95. The highest BCUT2D eigenvalue weighted by molar-refractivity contribution is 6.34. The van der Waals surface area contributed by atoms with E-state index in [4.69, 9.17) is 16.3 Å². The molecular weight excluding hydrogens is 434 g/mol. The van der Waals surface area contributed by atoms with Crippen LogP contribution >= 0.6 is 11.6 Å². The van der Waals surface area contributed by atoms with Gasteiger partial charge in [-0.25, -0.2) is 0 Å². The molecule has 1 fully saturated rings. The van der Waals surface area contributed by atoms with Crippen molar-refractivity contribution in [2.24, 2.45) is 11.8 Å². The van der Waals surface area contributed by atoms with Crippen LogP contribution in [0.1, 0.15) is 79.9 Å². The van der Waals surface area contributed by atoms with Crippen molar-refractivity contribution in [1.82, 2.24) is 0 Å². The second-order valence-electron chi connectivity index (χ2n) is 8.93. The number of carbonyl (C=O) groups excluding carboxylic acids is 2. The Hall–Kier alpha value is -2.33. The molecule has 4 nitrogen and oxygen atoms in total. The number of rotatable bonds is 6. The predicted molar refractivity (Wildman–Crippen MR) is 138 cm³/mol. The highest BCUT2D eigenvalue weighted by Crippen LogP contribution is 2.32. The van der Waals surface area contributed by atoms with Crippen LogP contribution in [0.5, 0.6) is 5.75 Å². The smallest absolute Gasteiger partial charge is 0.227 e. The molecule has 2 aromatic rings. The van der Waals surface area contributed by atoms with Crippen LogP contribution in [-0.4, -0.2) is 18.8 Å². The van der Waals surface area contributed by atoms with Crippen molar-refractivity contribution >= 4 is 29.0 Å². The van der Waals surface area contributed by atoms with E-state index in [2.05, 4.69) is 12.2 Å². The maximum absolute atomic E-state index is 12.3. The van der Waals surface area contributed by atoms with Gasteiger partial charge in [-0.3, -0.25) is 9.59 Å². The van der Waals surface area contributed by atoms with Gasteiger partial charge in [0.15, 0.2) is 5.78 Å². The Labute approximate surface area is 204 Å². The zero-order chi connectivity index (χ0) is 24.5. The van der Waals surface area contributed by atoms with Crippen molar-refractivity contribution in [2.75, 3.05) is 12.4 Å². The van der Waals surface area contributed by atoms with Crippen molar-refractivity contribution in [3.05, 3.63) is 57.6 Å². The van der Waals surface area contributed by atoms with Crippen LogP contribution in [0.15, 0.2) is 30.3 Å². The van der Waals surface area contributed by atoms with Crippen molar-refractivity contribution < 1.29 is 14.3 Å². The number of carbonyl (C=O) groups is 2. The molecule has 3 rings (SSSR count). The normalized spacial score (nSPS) is 17.5. The number of Topliss-reactive ketones (excluding diaryl/α,β-unsaturated/α-hetero) is 1. The van der Waals surface area contributed by atoms with Gasteiger partial charge >= 0.3 is 0 Å². The van der Waals surface area contributed by atoms with Gasteiger partial charge in [0.05, 0.1) is 12.1 Å². The number of benzene rings is 2. The molecule has 0 unspecified atom stereocenters. The van der Waals surface area contributed by atoms with Crippen LogP contribution in [0.25, 0.3) is 0 Å². The third-order valence-electron chi connectivity index (χ3n) is 6.67. The minimum Gasteiger partial charge on any atom is -0.496 e. The molecule has 1 aliphatic rings. The van der Waals surface area contributed by atoms with E-state index < -0.39 is 0 Å². The second kappa shape index (κ2) is 12.8. The summed E-state index contributed by atoms with van der Waals surface area (Å²) in [6.45, 7) is 9.83. The molecule has 1 N–H and O–H groups in total. The number of aryl methyl sites for hydroxylation is 2. The van der Waals surface area contributed by atoms with Crippen molar-refractivity contribution in [1.29, 1.82) is 0 Å². The van der Waals surface area contributed by atoms with Gasteiger partial charge in [0.25, 0.3) is 0 Å². The van der Waals surface area contributed by atoms with Gasteiger partial charge in [-0.15, -0.1) is 0 Å². The van der Waals surface area contributed by atoms with Crippen LogP contribution in [0, 0.1) is 25.7 Å². The lowest BCUT2D eigenvalue weighted by Crippen LogP contribution is -2.27. The Bertz CT molecular complexity index is 962. The fourth-order valence-electron chi connectivity index (χ4n) is 4.53. The summed E-state index contributed by atoms with van der Waals surface area (Å²) in [5, 5.41) is 3.59. The monoisotopic (exact) mass is 471 g/mol. The lowest BCUT2D eigenvalue weighted by atomic mass is 9.80. The second-order valence-corrected chi connectivity index (χ2v) is 9.33. The standard InChI is InChI=1S/C17H25NO2.C11H13ClO/c1-4-13-6-8-14(9-7-13)17(19)18-15-10-5-12(2)16(11-15)20-3;1-4-9-7(2)5-6-10(12)11(9)8(3)13/h5,10-11,13-14H,4,6-9H2,1-3H3,(H,18,19);5-6H,4H2,1-3H3. The molecule has 0 saturated heterocycles. The molecule has 0 spiro atoms. The largest absolute Gasteiger partial charge is 0.496 e. The van der Waals surface area contributed by atoms with E-state index in [9.17, 15) is 9.59 Å².